The summed E-state index contributed by atoms with van der Waals surface area (Å²) in [6.45, 7) is -2.42. The molecular formula is C30H27F3N2O7S. The van der Waals surface area contributed by atoms with Crippen LogP contribution < -0.4 is 5.32 Å². The minimum atomic E-state index is -4.02. The number of likely N-dealkylation sites (tertiary alicyclic amines) is 1. The Labute approximate surface area is 245 Å². The minimum absolute atomic E-state index is 0.0145. The molecular weight excluding hydrogens is 589 g/mol. The summed E-state index contributed by atoms with van der Waals surface area (Å²) in [6, 6.07) is 16.9. The van der Waals surface area contributed by atoms with Crippen LogP contribution in [0.3, 0.4) is 0 Å². The third-order valence-corrected chi connectivity index (χ3v) is 7.86. The molecule has 3 aromatic rings. The predicted octanol–water partition coefficient (Wildman–Crippen LogP) is 3.57. The van der Waals surface area contributed by atoms with Gasteiger partial charge in [0, 0.05) is 23.1 Å². The van der Waals surface area contributed by atoms with Crippen LogP contribution in [-0.4, -0.2) is 68.8 Å². The smallest absolute Gasteiger partial charge is 0.329 e. The Bertz CT molecular complexity index is 1680. The number of fused-ring (bicyclic) bond motifs is 3. The summed E-state index contributed by atoms with van der Waals surface area (Å²) in [5, 5.41) is 2.39. The lowest BCUT2D eigenvalue weighted by Gasteiger charge is -2.23. The van der Waals surface area contributed by atoms with Gasteiger partial charge in [-0.2, -0.15) is 17.2 Å². The number of hydrogen-bond donors (Lipinski definition) is 1. The van der Waals surface area contributed by atoms with Crippen LogP contribution >= 0.6 is 0 Å². The van der Waals surface area contributed by atoms with E-state index in [0.717, 1.165) is 17.2 Å². The van der Waals surface area contributed by atoms with E-state index in [-0.39, 0.29) is 34.4 Å². The maximum atomic E-state index is 15.7. The molecule has 226 valence electrons. The van der Waals surface area contributed by atoms with E-state index >= 15 is 4.39 Å². The molecule has 0 unspecified atom stereocenters. The van der Waals surface area contributed by atoms with Gasteiger partial charge in [-0.25, -0.2) is 9.18 Å². The molecule has 2 aliphatic rings. The van der Waals surface area contributed by atoms with Crippen molar-refractivity contribution in [2.24, 2.45) is 0 Å². The maximum Gasteiger partial charge on any atom is 0.329 e. The van der Waals surface area contributed by atoms with Gasteiger partial charge in [-0.15, -0.1) is 0 Å². The zero-order valence-electron chi connectivity index (χ0n) is 22.9. The van der Waals surface area contributed by atoms with Gasteiger partial charge in [0.1, 0.15) is 19.3 Å². The molecule has 0 saturated carbocycles. The second kappa shape index (κ2) is 11.5. The number of nitrogens with zero attached hydrogens (tertiary/aromatic N) is 1. The number of rotatable bonds is 9. The lowest BCUT2D eigenvalue weighted by molar-refractivity contribution is -0.154. The van der Waals surface area contributed by atoms with Gasteiger partial charge < -0.3 is 15.0 Å². The largest absolute Gasteiger partial charge is 0.459 e. The van der Waals surface area contributed by atoms with E-state index < -0.39 is 71.7 Å². The molecule has 3 aromatic carbocycles. The number of esters is 1. The predicted molar refractivity (Wildman–Crippen MR) is 148 cm³/mol. The van der Waals surface area contributed by atoms with Crippen molar-refractivity contribution in [2.75, 3.05) is 26.0 Å². The topological polar surface area (TPSA) is 119 Å². The van der Waals surface area contributed by atoms with Crippen molar-refractivity contribution < 1.29 is 44.9 Å². The van der Waals surface area contributed by atoms with Gasteiger partial charge >= 0.3 is 5.97 Å². The van der Waals surface area contributed by atoms with Gasteiger partial charge in [-0.3, -0.25) is 13.8 Å². The van der Waals surface area contributed by atoms with Crippen LogP contribution in [0.2, 0.25) is 0 Å². The van der Waals surface area contributed by atoms with Crippen LogP contribution in [0.5, 0.6) is 0 Å². The molecule has 0 radical (unpaired) electrons. The van der Waals surface area contributed by atoms with Crippen molar-refractivity contribution in [1.82, 2.24) is 10.2 Å². The van der Waals surface area contributed by atoms with Crippen LogP contribution in [0.25, 0.3) is 11.1 Å². The third-order valence-electron chi connectivity index (χ3n) is 7.31. The fourth-order valence-corrected chi connectivity index (χ4v) is 5.66. The number of hydrogen-bond acceptors (Lipinski definition) is 7. The number of alkyl halides is 3. The van der Waals surface area contributed by atoms with Crippen LogP contribution in [0.4, 0.5) is 13.2 Å². The van der Waals surface area contributed by atoms with Gasteiger partial charge in [0.25, 0.3) is 21.9 Å². The second-order valence-electron chi connectivity index (χ2n) is 10.5. The molecule has 43 heavy (non-hydrogen) atoms. The minimum Gasteiger partial charge on any atom is -0.459 e. The van der Waals surface area contributed by atoms with E-state index in [1.54, 1.807) is 36.4 Å². The van der Waals surface area contributed by atoms with E-state index in [1.807, 2.05) is 0 Å². The number of halogens is 3. The van der Waals surface area contributed by atoms with Crippen molar-refractivity contribution in [2.45, 2.75) is 30.7 Å². The Morgan fingerprint density at radius 3 is 2.35 bits per heavy atom. The summed E-state index contributed by atoms with van der Waals surface area (Å²) in [6.07, 6.45) is 0.155. The zero-order valence-corrected chi connectivity index (χ0v) is 23.7. The zero-order chi connectivity index (χ0) is 31.0. The van der Waals surface area contributed by atoms with E-state index in [0.29, 0.717) is 5.56 Å². The number of carbonyl (C=O) groups is 3. The Kier molecular flexibility index (Phi) is 8.05. The normalized spacial score (nSPS) is 20.3. The lowest BCUT2D eigenvalue weighted by atomic mass is 10.0. The van der Waals surface area contributed by atoms with E-state index in [9.17, 15) is 31.6 Å². The van der Waals surface area contributed by atoms with Crippen LogP contribution in [0.15, 0.2) is 72.8 Å². The first-order valence-corrected chi connectivity index (χ1v) is 15.0. The first kappa shape index (κ1) is 30.2. The quantitative estimate of drug-likeness (QED) is 0.289. The maximum absolute atomic E-state index is 15.7. The van der Waals surface area contributed by atoms with Crippen molar-refractivity contribution in [3.63, 3.8) is 0 Å². The highest BCUT2D eigenvalue weighted by Gasteiger charge is 2.51. The van der Waals surface area contributed by atoms with Gasteiger partial charge in [0.15, 0.2) is 5.67 Å². The van der Waals surface area contributed by atoms with Crippen LogP contribution in [0.1, 0.15) is 33.5 Å². The van der Waals surface area contributed by atoms with E-state index in [4.69, 9.17) is 4.74 Å². The molecule has 9 nitrogen and oxygen atoms in total. The molecule has 1 heterocycles. The van der Waals surface area contributed by atoms with Crippen molar-refractivity contribution in [3.05, 3.63) is 95.1 Å². The number of nitrogens with one attached hydrogen (secondary N) is 1. The molecule has 2 amide bonds. The molecule has 1 aliphatic carbocycles. The Balaban J connectivity index is 1.29. The molecule has 5 rings (SSSR count). The van der Waals surface area contributed by atoms with Gasteiger partial charge in [0.2, 0.25) is 5.91 Å². The summed E-state index contributed by atoms with van der Waals surface area (Å²) in [4.78, 5) is 39.9. The molecule has 1 fully saturated rings. The van der Waals surface area contributed by atoms with Crippen molar-refractivity contribution >= 4 is 27.9 Å². The van der Waals surface area contributed by atoms with Gasteiger partial charge in [-0.1, -0.05) is 60.7 Å². The molecule has 0 spiro atoms. The number of carbonyl (C=O) groups excluding carboxylic acids is 3. The summed E-state index contributed by atoms with van der Waals surface area (Å²) >= 11 is 0. The Hall–Kier alpha value is -4.23. The molecule has 0 bridgehead atoms. The number of amides is 2. The third kappa shape index (κ3) is 6.42. The van der Waals surface area contributed by atoms with Gasteiger partial charge in [0.05, 0.1) is 19.3 Å². The number of ether oxygens (including phenoxy) is 1. The SMILES string of the molecule is CS(=O)(=O)OC[C@@]1(F)C[C@@H](C(=O)OCc2ccccc2)N(C(=O)CNC(=O)c2ccc3c(c2)-c2ccccc2C3(F)F)C1. The molecule has 0 aromatic heterocycles. The summed E-state index contributed by atoms with van der Waals surface area (Å²) < 4.78 is 78.2. The molecule has 1 N–H and O–H groups in total. The molecule has 13 heteroatoms. The average molecular weight is 617 g/mol. The Morgan fingerprint density at radius 2 is 1.63 bits per heavy atom. The highest BCUT2D eigenvalue weighted by Crippen LogP contribution is 2.50. The highest BCUT2D eigenvalue weighted by molar-refractivity contribution is 7.85. The monoisotopic (exact) mass is 616 g/mol. The fraction of sp³-hybridized carbons (Fsp3) is 0.300. The van der Waals surface area contributed by atoms with Crippen molar-refractivity contribution in [1.29, 1.82) is 0 Å². The molecule has 1 aliphatic heterocycles. The average Bonchev–Trinajstić information content (AvgIpc) is 3.46. The molecule has 2 atom stereocenters. The van der Waals surface area contributed by atoms with Crippen molar-refractivity contribution in [3.8, 4) is 11.1 Å². The lowest BCUT2D eigenvalue weighted by Crippen LogP contribution is -2.46. The Morgan fingerprint density at radius 1 is 0.953 bits per heavy atom. The van der Waals surface area contributed by atoms with E-state index in [2.05, 4.69) is 9.50 Å². The summed E-state index contributed by atoms with van der Waals surface area (Å²) in [5.41, 5.74) is -1.66. The number of benzene rings is 3. The first-order valence-electron chi connectivity index (χ1n) is 13.2. The van der Waals surface area contributed by atoms with E-state index in [1.165, 1.54) is 30.3 Å². The molecule has 1 saturated heterocycles. The van der Waals surface area contributed by atoms with Crippen LogP contribution in [0, 0.1) is 0 Å². The highest BCUT2D eigenvalue weighted by atomic mass is 32.2. The second-order valence-corrected chi connectivity index (χ2v) is 12.2. The van der Waals surface area contributed by atoms with Gasteiger partial charge in [-0.05, 0) is 28.8 Å². The fourth-order valence-electron chi connectivity index (χ4n) is 5.23. The first-order chi connectivity index (χ1) is 20.3. The standard InChI is InChI=1S/C30H27F3N2O7S/c1-43(39,40)42-18-29(31)14-25(28(38)41-16-19-7-3-2-4-8-19)35(17-29)26(36)15-34-27(37)20-11-12-24-22(13-20)21-9-5-6-10-23(21)30(24,32)33/h2-13,25H,14-18H2,1H3,(H,34,37)/t25-,29+/m0/s1. The summed E-state index contributed by atoms with van der Waals surface area (Å²) in [7, 11) is -4.02. The van der Waals surface area contributed by atoms with Crippen LogP contribution in [-0.2, 0) is 41.2 Å². The summed E-state index contributed by atoms with van der Waals surface area (Å²) in [5.74, 6) is -5.73.